The minimum Gasteiger partial charge on any atom is -0.385 e. The number of nitrogens with zero attached hydrogens (tertiary/aromatic N) is 1. The van der Waals surface area contributed by atoms with Crippen molar-refractivity contribution in [3.05, 3.63) is 49.0 Å². The summed E-state index contributed by atoms with van der Waals surface area (Å²) in [6.45, 7) is 0.880. The molecule has 0 fully saturated rings. The number of anilines is 1. The maximum absolute atomic E-state index is 8.83. The van der Waals surface area contributed by atoms with Crippen molar-refractivity contribution in [3.8, 4) is 6.07 Å². The number of thiophene rings is 1. The highest BCUT2D eigenvalue weighted by Gasteiger charge is 2.01. The highest BCUT2D eigenvalue weighted by atomic mass is 79.9. The van der Waals surface area contributed by atoms with E-state index in [1.54, 1.807) is 11.3 Å². The molecule has 1 heterocycles. The van der Waals surface area contributed by atoms with Crippen molar-refractivity contribution in [2.75, 3.05) is 11.9 Å². The average Bonchev–Trinajstić information content (AvgIpc) is 2.75. The third-order valence-corrected chi connectivity index (χ3v) is 4.76. The van der Waals surface area contributed by atoms with Crippen molar-refractivity contribution < 1.29 is 0 Å². The number of halogens is 2. The third-order valence-electron chi connectivity index (χ3n) is 2.42. The lowest BCUT2D eigenvalue weighted by Crippen LogP contribution is -2.03. The van der Waals surface area contributed by atoms with Gasteiger partial charge in [-0.2, -0.15) is 5.26 Å². The molecule has 2 rings (SSSR count). The van der Waals surface area contributed by atoms with E-state index in [0.717, 1.165) is 23.1 Å². The molecular formula is C13H10Br2N2S. The summed E-state index contributed by atoms with van der Waals surface area (Å²) in [6.07, 6.45) is 0.994. The summed E-state index contributed by atoms with van der Waals surface area (Å²) in [5, 5.41) is 12.2. The van der Waals surface area contributed by atoms with E-state index in [9.17, 15) is 0 Å². The summed E-state index contributed by atoms with van der Waals surface area (Å²) in [5.74, 6) is 0. The molecule has 1 aromatic heterocycles. The molecule has 0 spiro atoms. The molecule has 2 aromatic rings. The Morgan fingerprint density at radius 3 is 2.67 bits per heavy atom. The van der Waals surface area contributed by atoms with Gasteiger partial charge in [-0.05, 0) is 68.6 Å². The van der Waals surface area contributed by atoms with Crippen LogP contribution in [0.25, 0.3) is 0 Å². The fraction of sp³-hybridized carbons (Fsp3) is 0.154. The quantitative estimate of drug-likeness (QED) is 0.820. The van der Waals surface area contributed by atoms with Crippen LogP contribution < -0.4 is 5.32 Å². The van der Waals surface area contributed by atoms with Crippen LogP contribution in [0.4, 0.5) is 5.69 Å². The van der Waals surface area contributed by atoms with E-state index < -0.39 is 0 Å². The first kappa shape index (κ1) is 13.6. The normalized spacial score (nSPS) is 10.1. The summed E-state index contributed by atoms with van der Waals surface area (Å²) in [6, 6.07) is 12.0. The Morgan fingerprint density at radius 1 is 1.22 bits per heavy atom. The molecular weight excluding hydrogens is 376 g/mol. The molecule has 0 saturated heterocycles. The van der Waals surface area contributed by atoms with Gasteiger partial charge < -0.3 is 5.32 Å². The van der Waals surface area contributed by atoms with Crippen LogP contribution in [0.3, 0.4) is 0 Å². The Kier molecular flexibility index (Phi) is 4.81. The van der Waals surface area contributed by atoms with E-state index in [1.807, 2.05) is 18.2 Å². The molecule has 0 aliphatic carbocycles. The fourth-order valence-electron chi connectivity index (χ4n) is 1.53. The van der Waals surface area contributed by atoms with Crippen LogP contribution in [-0.2, 0) is 6.42 Å². The second kappa shape index (κ2) is 6.37. The summed E-state index contributed by atoms with van der Waals surface area (Å²) in [5.41, 5.74) is 1.68. The lowest BCUT2D eigenvalue weighted by atomic mass is 10.2. The van der Waals surface area contributed by atoms with Gasteiger partial charge in [-0.15, -0.1) is 11.3 Å². The SMILES string of the molecule is N#Cc1ccc(NCCc2ccc(Br)s2)cc1Br. The molecule has 0 amide bonds. The summed E-state index contributed by atoms with van der Waals surface area (Å²) >= 11 is 8.59. The molecule has 0 aliphatic rings. The van der Waals surface area contributed by atoms with Crippen LogP contribution in [0.2, 0.25) is 0 Å². The van der Waals surface area contributed by atoms with E-state index in [0.29, 0.717) is 5.56 Å². The zero-order valence-electron chi connectivity index (χ0n) is 9.41. The van der Waals surface area contributed by atoms with E-state index >= 15 is 0 Å². The largest absolute Gasteiger partial charge is 0.385 e. The van der Waals surface area contributed by atoms with Gasteiger partial charge in [0.1, 0.15) is 6.07 Å². The van der Waals surface area contributed by atoms with Gasteiger partial charge in [-0.1, -0.05) is 0 Å². The zero-order chi connectivity index (χ0) is 13.0. The Bertz CT molecular complexity index is 587. The lowest BCUT2D eigenvalue weighted by Gasteiger charge is -2.06. The molecule has 0 unspecified atom stereocenters. The number of benzene rings is 1. The van der Waals surface area contributed by atoms with Gasteiger partial charge in [-0.3, -0.25) is 0 Å². The van der Waals surface area contributed by atoms with Crippen LogP contribution in [0.5, 0.6) is 0 Å². The highest BCUT2D eigenvalue weighted by molar-refractivity contribution is 9.11. The Balaban J connectivity index is 1.91. The van der Waals surface area contributed by atoms with E-state index in [1.165, 1.54) is 8.66 Å². The minimum atomic E-state index is 0.655. The molecule has 92 valence electrons. The van der Waals surface area contributed by atoms with Crippen LogP contribution in [0, 0.1) is 11.3 Å². The predicted octanol–water partition coefficient (Wildman–Crippen LogP) is 4.80. The first-order chi connectivity index (χ1) is 8.69. The number of hydrogen-bond acceptors (Lipinski definition) is 3. The number of rotatable bonds is 4. The Morgan fingerprint density at radius 2 is 2.06 bits per heavy atom. The van der Waals surface area contributed by atoms with Gasteiger partial charge in [0, 0.05) is 21.6 Å². The van der Waals surface area contributed by atoms with Gasteiger partial charge in [-0.25, -0.2) is 0 Å². The molecule has 2 nitrogen and oxygen atoms in total. The first-order valence-electron chi connectivity index (χ1n) is 5.37. The summed E-state index contributed by atoms with van der Waals surface area (Å²) in [4.78, 5) is 1.35. The molecule has 18 heavy (non-hydrogen) atoms. The molecule has 5 heteroatoms. The fourth-order valence-corrected chi connectivity index (χ4v) is 3.48. The summed E-state index contributed by atoms with van der Waals surface area (Å²) < 4.78 is 1.99. The number of nitrogens with one attached hydrogen (secondary N) is 1. The maximum Gasteiger partial charge on any atom is 0.100 e. The van der Waals surface area contributed by atoms with Crippen LogP contribution in [0.15, 0.2) is 38.6 Å². The molecule has 1 aromatic carbocycles. The van der Waals surface area contributed by atoms with Crippen molar-refractivity contribution in [2.24, 2.45) is 0 Å². The number of hydrogen-bond donors (Lipinski definition) is 1. The highest BCUT2D eigenvalue weighted by Crippen LogP contribution is 2.23. The lowest BCUT2D eigenvalue weighted by molar-refractivity contribution is 1.04. The third kappa shape index (κ3) is 3.58. The Labute approximate surface area is 127 Å². The van der Waals surface area contributed by atoms with E-state index in [2.05, 4.69) is 55.4 Å². The topological polar surface area (TPSA) is 35.8 Å². The van der Waals surface area contributed by atoms with Gasteiger partial charge in [0.25, 0.3) is 0 Å². The minimum absolute atomic E-state index is 0.655. The van der Waals surface area contributed by atoms with Crippen molar-refractivity contribution in [2.45, 2.75) is 6.42 Å². The molecule has 0 atom stereocenters. The summed E-state index contributed by atoms with van der Waals surface area (Å²) in [7, 11) is 0. The van der Waals surface area contributed by atoms with Gasteiger partial charge in [0.15, 0.2) is 0 Å². The predicted molar refractivity (Wildman–Crippen MR) is 83.1 cm³/mol. The van der Waals surface area contributed by atoms with Crippen LogP contribution in [0.1, 0.15) is 10.4 Å². The Hall–Kier alpha value is -0.830. The standard InChI is InChI=1S/C13H10Br2N2S/c14-12-7-10(2-1-9(12)8-16)17-6-5-11-3-4-13(15)18-11/h1-4,7,17H,5-6H2. The van der Waals surface area contributed by atoms with Crippen molar-refractivity contribution in [1.29, 1.82) is 5.26 Å². The molecule has 0 bridgehead atoms. The van der Waals surface area contributed by atoms with Crippen molar-refractivity contribution in [1.82, 2.24) is 0 Å². The van der Waals surface area contributed by atoms with Gasteiger partial charge in [0.05, 0.1) is 9.35 Å². The monoisotopic (exact) mass is 384 g/mol. The van der Waals surface area contributed by atoms with Crippen molar-refractivity contribution >= 4 is 48.9 Å². The molecule has 0 saturated carbocycles. The van der Waals surface area contributed by atoms with E-state index in [4.69, 9.17) is 5.26 Å². The second-order valence-electron chi connectivity index (χ2n) is 3.69. The second-order valence-corrected chi connectivity index (χ2v) is 7.09. The van der Waals surface area contributed by atoms with Crippen LogP contribution >= 0.6 is 43.2 Å². The zero-order valence-corrected chi connectivity index (χ0v) is 13.4. The molecule has 1 N–H and O–H groups in total. The van der Waals surface area contributed by atoms with E-state index in [-0.39, 0.29) is 0 Å². The van der Waals surface area contributed by atoms with Gasteiger partial charge in [0.2, 0.25) is 0 Å². The van der Waals surface area contributed by atoms with Crippen LogP contribution in [-0.4, -0.2) is 6.54 Å². The molecule has 0 radical (unpaired) electrons. The first-order valence-corrected chi connectivity index (χ1v) is 7.77. The smallest absolute Gasteiger partial charge is 0.100 e. The molecule has 0 aliphatic heterocycles. The maximum atomic E-state index is 8.83. The van der Waals surface area contributed by atoms with Gasteiger partial charge >= 0.3 is 0 Å². The average molecular weight is 386 g/mol. The number of nitriles is 1. The van der Waals surface area contributed by atoms with Crippen molar-refractivity contribution in [3.63, 3.8) is 0 Å².